The largest absolute Gasteiger partial charge is 0.447 e. The van der Waals surface area contributed by atoms with Crippen LogP contribution in [0.2, 0.25) is 0 Å². The Morgan fingerprint density at radius 2 is 1.92 bits per heavy atom. The van der Waals surface area contributed by atoms with Crippen LogP contribution in [0.15, 0.2) is 73.4 Å². The zero-order valence-corrected chi connectivity index (χ0v) is 13.2. The number of hydrogen-bond acceptors (Lipinski definition) is 5. The predicted molar refractivity (Wildman–Crippen MR) is 90.7 cm³/mol. The lowest BCUT2D eigenvalue weighted by Crippen LogP contribution is -2.29. The summed E-state index contributed by atoms with van der Waals surface area (Å²) in [6.07, 6.45) is 5.83. The molecule has 1 aromatic carbocycles. The Morgan fingerprint density at radius 3 is 2.62 bits per heavy atom. The Morgan fingerprint density at radius 1 is 1.08 bits per heavy atom. The molecule has 0 bridgehead atoms. The number of carbonyl (C=O) groups excluding carboxylic acids is 1. The van der Waals surface area contributed by atoms with Crippen molar-refractivity contribution in [3.63, 3.8) is 0 Å². The van der Waals surface area contributed by atoms with Crippen molar-refractivity contribution >= 4 is 11.9 Å². The van der Waals surface area contributed by atoms with Crippen molar-refractivity contribution in [1.82, 2.24) is 14.5 Å². The van der Waals surface area contributed by atoms with E-state index in [1.807, 2.05) is 36.4 Å². The van der Waals surface area contributed by atoms with Crippen LogP contribution in [0.25, 0.3) is 0 Å². The molecule has 2 aromatic heterocycles. The van der Waals surface area contributed by atoms with Crippen molar-refractivity contribution < 1.29 is 9.53 Å². The molecule has 3 aromatic rings. The highest BCUT2D eigenvalue weighted by atomic mass is 16.5. The molecule has 0 aliphatic heterocycles. The topological polar surface area (TPSA) is 60.2 Å². The molecule has 0 saturated heterocycles. The Bertz CT molecular complexity index is 745. The van der Waals surface area contributed by atoms with E-state index in [0.29, 0.717) is 13.1 Å². The van der Waals surface area contributed by atoms with Gasteiger partial charge < -0.3 is 9.64 Å². The lowest BCUT2D eigenvalue weighted by molar-refractivity contribution is 0.150. The first kappa shape index (κ1) is 15.7. The number of anilines is 1. The average Bonchev–Trinajstić information content (AvgIpc) is 3.17. The van der Waals surface area contributed by atoms with Gasteiger partial charge in [-0.15, -0.1) is 0 Å². The van der Waals surface area contributed by atoms with Crippen LogP contribution in [0.5, 0.6) is 0 Å². The summed E-state index contributed by atoms with van der Waals surface area (Å²) < 4.78 is 6.60. The van der Waals surface area contributed by atoms with Gasteiger partial charge in [0.1, 0.15) is 18.8 Å². The van der Waals surface area contributed by atoms with Crippen LogP contribution in [0.4, 0.5) is 10.6 Å². The molecule has 0 saturated carbocycles. The standard InChI is InChI=1S/C18H18N4O2/c23-18(22-11-10-19-15-22)24-13-12-21(17-8-4-5-9-20-17)14-16-6-2-1-3-7-16/h1-11,15H,12-14H2. The SMILES string of the molecule is O=C(OCCN(Cc1ccccc1)c1ccccn1)n1ccnc1. The van der Waals surface area contributed by atoms with Gasteiger partial charge in [0.15, 0.2) is 0 Å². The van der Waals surface area contributed by atoms with Crippen LogP contribution in [0.1, 0.15) is 5.56 Å². The molecule has 3 rings (SSSR count). The molecule has 122 valence electrons. The van der Waals surface area contributed by atoms with E-state index < -0.39 is 6.09 Å². The molecule has 6 nitrogen and oxygen atoms in total. The van der Waals surface area contributed by atoms with Gasteiger partial charge in [-0.2, -0.15) is 0 Å². The van der Waals surface area contributed by atoms with E-state index in [2.05, 4.69) is 27.0 Å². The van der Waals surface area contributed by atoms with E-state index >= 15 is 0 Å². The molecule has 0 atom stereocenters. The van der Waals surface area contributed by atoms with Crippen molar-refractivity contribution in [2.24, 2.45) is 0 Å². The van der Waals surface area contributed by atoms with Gasteiger partial charge in [-0.25, -0.2) is 19.3 Å². The highest BCUT2D eigenvalue weighted by Crippen LogP contribution is 2.13. The smallest absolute Gasteiger partial charge is 0.419 e. The third kappa shape index (κ3) is 4.19. The van der Waals surface area contributed by atoms with Gasteiger partial charge in [-0.1, -0.05) is 36.4 Å². The van der Waals surface area contributed by atoms with E-state index in [9.17, 15) is 4.79 Å². The van der Waals surface area contributed by atoms with Gasteiger partial charge in [0.05, 0.1) is 6.54 Å². The summed E-state index contributed by atoms with van der Waals surface area (Å²) in [4.78, 5) is 22.2. The van der Waals surface area contributed by atoms with Crippen molar-refractivity contribution in [2.75, 3.05) is 18.1 Å². The number of nitrogens with zero attached hydrogens (tertiary/aromatic N) is 4. The summed E-state index contributed by atoms with van der Waals surface area (Å²) in [6, 6.07) is 15.9. The summed E-state index contributed by atoms with van der Waals surface area (Å²) >= 11 is 0. The van der Waals surface area contributed by atoms with Gasteiger partial charge in [0.25, 0.3) is 0 Å². The molecule has 24 heavy (non-hydrogen) atoms. The fourth-order valence-corrected chi connectivity index (χ4v) is 2.30. The van der Waals surface area contributed by atoms with Crippen molar-refractivity contribution in [3.05, 3.63) is 79.0 Å². The van der Waals surface area contributed by atoms with E-state index in [1.54, 1.807) is 12.4 Å². The summed E-state index contributed by atoms with van der Waals surface area (Å²) in [7, 11) is 0. The zero-order chi connectivity index (χ0) is 16.6. The minimum absolute atomic E-state index is 0.264. The third-order valence-electron chi connectivity index (χ3n) is 3.49. The Balaban J connectivity index is 1.63. The van der Waals surface area contributed by atoms with Crippen molar-refractivity contribution in [3.8, 4) is 0 Å². The number of hydrogen-bond donors (Lipinski definition) is 0. The van der Waals surface area contributed by atoms with Gasteiger partial charge in [-0.3, -0.25) is 0 Å². The van der Waals surface area contributed by atoms with Crippen LogP contribution in [0.3, 0.4) is 0 Å². The molecule has 0 aliphatic carbocycles. The third-order valence-corrected chi connectivity index (χ3v) is 3.49. The number of carbonyl (C=O) groups is 1. The van der Waals surface area contributed by atoms with Crippen LogP contribution < -0.4 is 4.90 Å². The molecular weight excluding hydrogens is 304 g/mol. The summed E-state index contributed by atoms with van der Waals surface area (Å²) in [5, 5.41) is 0. The monoisotopic (exact) mass is 322 g/mol. The maximum atomic E-state index is 11.8. The van der Waals surface area contributed by atoms with Gasteiger partial charge in [-0.05, 0) is 17.7 Å². The molecule has 2 heterocycles. The molecule has 0 fully saturated rings. The second kappa shape index (κ2) is 7.92. The lowest BCUT2D eigenvalue weighted by atomic mass is 10.2. The van der Waals surface area contributed by atoms with Gasteiger partial charge in [0.2, 0.25) is 0 Å². The van der Waals surface area contributed by atoms with Crippen LogP contribution in [0, 0.1) is 0 Å². The molecular formula is C18H18N4O2. The molecule has 0 N–H and O–H groups in total. The van der Waals surface area contributed by atoms with E-state index in [-0.39, 0.29) is 6.61 Å². The second-order valence-electron chi connectivity index (χ2n) is 5.18. The second-order valence-corrected chi connectivity index (χ2v) is 5.18. The zero-order valence-electron chi connectivity index (χ0n) is 13.2. The number of benzene rings is 1. The Hall–Kier alpha value is -3.15. The van der Waals surface area contributed by atoms with Gasteiger partial charge >= 0.3 is 6.09 Å². The first-order chi connectivity index (χ1) is 11.8. The fourth-order valence-electron chi connectivity index (χ4n) is 2.30. The molecule has 0 aliphatic rings. The van der Waals surface area contributed by atoms with Crippen molar-refractivity contribution in [1.29, 1.82) is 0 Å². The van der Waals surface area contributed by atoms with Crippen LogP contribution in [-0.4, -0.2) is 33.8 Å². The van der Waals surface area contributed by atoms with Crippen LogP contribution >= 0.6 is 0 Å². The highest BCUT2D eigenvalue weighted by Gasteiger charge is 2.10. The van der Waals surface area contributed by atoms with E-state index in [0.717, 1.165) is 5.82 Å². The lowest BCUT2D eigenvalue weighted by Gasteiger charge is -2.23. The quantitative estimate of drug-likeness (QED) is 0.698. The highest BCUT2D eigenvalue weighted by molar-refractivity contribution is 5.69. The summed E-state index contributed by atoms with van der Waals surface area (Å²) in [5.74, 6) is 0.847. The maximum absolute atomic E-state index is 11.8. The minimum atomic E-state index is -0.437. The number of aromatic nitrogens is 3. The number of rotatable bonds is 6. The summed E-state index contributed by atoms with van der Waals surface area (Å²) in [6.45, 7) is 1.51. The molecule has 0 spiro atoms. The Labute approximate surface area is 140 Å². The normalized spacial score (nSPS) is 10.3. The Kier molecular flexibility index (Phi) is 5.19. The maximum Gasteiger partial charge on any atom is 0.419 e. The molecule has 6 heteroatoms. The minimum Gasteiger partial charge on any atom is -0.447 e. The predicted octanol–water partition coefficient (Wildman–Crippen LogP) is 2.97. The first-order valence-electron chi connectivity index (χ1n) is 7.68. The average molecular weight is 322 g/mol. The van der Waals surface area contributed by atoms with Crippen LogP contribution in [-0.2, 0) is 11.3 Å². The number of imidazole rings is 1. The fraction of sp³-hybridized carbons (Fsp3) is 0.167. The van der Waals surface area contributed by atoms with E-state index in [1.165, 1.54) is 22.7 Å². The first-order valence-corrected chi connectivity index (χ1v) is 7.68. The molecule has 0 unspecified atom stereocenters. The molecule has 0 radical (unpaired) electrons. The number of pyridine rings is 1. The van der Waals surface area contributed by atoms with E-state index in [4.69, 9.17) is 4.74 Å². The van der Waals surface area contributed by atoms with Gasteiger partial charge in [0, 0.05) is 25.1 Å². The summed E-state index contributed by atoms with van der Waals surface area (Å²) in [5.41, 5.74) is 1.17. The van der Waals surface area contributed by atoms with Crippen molar-refractivity contribution in [2.45, 2.75) is 6.54 Å². The molecule has 0 amide bonds. The number of ether oxygens (including phenoxy) is 1.